The number of alkyl halides is 3. The topological polar surface area (TPSA) is 55.6 Å². The van der Waals surface area contributed by atoms with Gasteiger partial charge in [0.1, 0.15) is 12.1 Å². The lowest BCUT2D eigenvalue weighted by atomic mass is 9.92. The Morgan fingerprint density at radius 2 is 1.97 bits per heavy atom. The van der Waals surface area contributed by atoms with Gasteiger partial charge in [0, 0.05) is 32.2 Å². The first-order chi connectivity index (χ1) is 13.9. The Morgan fingerprint density at radius 1 is 1.21 bits per heavy atom. The van der Waals surface area contributed by atoms with E-state index in [0.717, 1.165) is 36.3 Å². The van der Waals surface area contributed by atoms with Crippen molar-refractivity contribution in [3.63, 3.8) is 0 Å². The lowest BCUT2D eigenvalue weighted by Crippen LogP contribution is -2.35. The highest BCUT2D eigenvalue weighted by atomic mass is 19.4. The highest BCUT2D eigenvalue weighted by Gasteiger charge is 2.34. The van der Waals surface area contributed by atoms with Crippen LogP contribution in [0.15, 0.2) is 36.7 Å². The van der Waals surface area contributed by atoms with Gasteiger partial charge in [0.2, 0.25) is 0 Å². The lowest BCUT2D eigenvalue weighted by molar-refractivity contribution is -0.137. The molecule has 3 aromatic rings. The van der Waals surface area contributed by atoms with Gasteiger partial charge in [-0.2, -0.15) is 27.8 Å². The first kappa shape index (κ1) is 19.6. The minimum atomic E-state index is -4.32. The molecule has 4 rings (SSSR count). The van der Waals surface area contributed by atoms with Crippen molar-refractivity contribution in [3.05, 3.63) is 53.5 Å². The third-order valence-electron chi connectivity index (χ3n) is 5.58. The van der Waals surface area contributed by atoms with Gasteiger partial charge >= 0.3 is 6.18 Å². The molecule has 1 fully saturated rings. The van der Waals surface area contributed by atoms with Crippen LogP contribution in [-0.2, 0) is 17.5 Å². The zero-order chi connectivity index (χ0) is 20.6. The summed E-state index contributed by atoms with van der Waals surface area (Å²) in [5, 5.41) is 4.28. The van der Waals surface area contributed by atoms with Crippen molar-refractivity contribution in [3.8, 4) is 0 Å². The van der Waals surface area contributed by atoms with Crippen molar-refractivity contribution in [1.82, 2.24) is 19.6 Å². The zero-order valence-electron chi connectivity index (χ0n) is 16.2. The maximum atomic E-state index is 12.9. The largest absolute Gasteiger partial charge is 0.416 e. The Morgan fingerprint density at radius 3 is 2.66 bits per heavy atom. The summed E-state index contributed by atoms with van der Waals surface area (Å²) in [5.74, 6) is 1.47. The van der Waals surface area contributed by atoms with E-state index in [-0.39, 0.29) is 12.0 Å². The van der Waals surface area contributed by atoms with E-state index in [4.69, 9.17) is 4.74 Å². The third-order valence-corrected chi connectivity index (χ3v) is 5.58. The Bertz CT molecular complexity index is 986. The zero-order valence-corrected chi connectivity index (χ0v) is 16.2. The van der Waals surface area contributed by atoms with Gasteiger partial charge in [-0.25, -0.2) is 4.98 Å². The van der Waals surface area contributed by atoms with Crippen LogP contribution in [0.5, 0.6) is 0 Å². The van der Waals surface area contributed by atoms with Gasteiger partial charge in [-0.3, -0.25) is 0 Å². The summed E-state index contributed by atoms with van der Waals surface area (Å²) in [7, 11) is 3.59. The van der Waals surface area contributed by atoms with E-state index in [1.54, 1.807) is 23.8 Å². The van der Waals surface area contributed by atoms with Crippen LogP contribution >= 0.6 is 0 Å². The van der Waals surface area contributed by atoms with Crippen molar-refractivity contribution >= 4 is 11.6 Å². The van der Waals surface area contributed by atoms with Crippen LogP contribution in [0.2, 0.25) is 0 Å². The molecule has 1 saturated carbocycles. The van der Waals surface area contributed by atoms with Crippen LogP contribution in [0.4, 0.5) is 19.0 Å². The number of likely N-dealkylation sites (N-methyl/N-ethyl adjacent to an activating group) is 1. The van der Waals surface area contributed by atoms with Crippen LogP contribution in [0.1, 0.15) is 42.0 Å². The van der Waals surface area contributed by atoms with Crippen molar-refractivity contribution in [1.29, 1.82) is 0 Å². The van der Waals surface area contributed by atoms with Gasteiger partial charge < -0.3 is 9.64 Å². The lowest BCUT2D eigenvalue weighted by Gasteiger charge is -2.32. The standard InChI is InChI=1S/C20H22F3N5O/c1-27(18-10-15(11-29-2)26-19-24-12-25-28(18)19)17-5-3-4-16(17)13-6-8-14(9-7-13)20(21,22)23/h6-10,12,16-17H,3-5,11H2,1-2H3/t16-,17+/m0/s1. The molecule has 6 nitrogen and oxygen atoms in total. The van der Waals surface area contributed by atoms with Crippen molar-refractivity contribution in [2.45, 2.75) is 44.0 Å². The third kappa shape index (κ3) is 3.78. The quantitative estimate of drug-likeness (QED) is 0.641. The molecule has 0 unspecified atom stereocenters. The normalized spacial score (nSPS) is 19.8. The molecule has 0 aliphatic heterocycles. The number of hydrogen-bond donors (Lipinski definition) is 0. The van der Waals surface area contributed by atoms with E-state index in [9.17, 15) is 13.2 Å². The molecule has 0 bridgehead atoms. The van der Waals surface area contributed by atoms with Gasteiger partial charge in [0.15, 0.2) is 0 Å². The van der Waals surface area contributed by atoms with Crippen molar-refractivity contribution < 1.29 is 17.9 Å². The molecule has 2 atom stereocenters. The van der Waals surface area contributed by atoms with Crippen LogP contribution < -0.4 is 4.90 Å². The number of methoxy groups -OCH3 is 1. The average Bonchev–Trinajstić information content (AvgIpc) is 3.36. The molecule has 0 spiro atoms. The summed E-state index contributed by atoms with van der Waals surface area (Å²) in [5.41, 5.74) is 1.05. The van der Waals surface area contributed by atoms with Crippen LogP contribution in [-0.4, -0.2) is 39.8 Å². The number of halogens is 3. The number of ether oxygens (including phenoxy) is 1. The summed E-state index contributed by atoms with van der Waals surface area (Å²) in [4.78, 5) is 10.8. The van der Waals surface area contributed by atoms with E-state index in [2.05, 4.69) is 20.0 Å². The van der Waals surface area contributed by atoms with Gasteiger partial charge in [-0.1, -0.05) is 18.6 Å². The number of anilines is 1. The second kappa shape index (κ2) is 7.62. The Kier molecular flexibility index (Phi) is 5.16. The average molecular weight is 405 g/mol. The first-order valence-corrected chi connectivity index (χ1v) is 9.47. The van der Waals surface area contributed by atoms with Gasteiger partial charge in [-0.15, -0.1) is 0 Å². The van der Waals surface area contributed by atoms with E-state index < -0.39 is 11.7 Å². The molecule has 154 valence electrons. The molecular weight excluding hydrogens is 383 g/mol. The Hall–Kier alpha value is -2.68. The van der Waals surface area contributed by atoms with Crippen LogP contribution in [0.3, 0.4) is 0 Å². The minimum absolute atomic E-state index is 0.136. The highest BCUT2D eigenvalue weighted by molar-refractivity contribution is 5.48. The number of fused-ring (bicyclic) bond motifs is 1. The number of benzene rings is 1. The van der Waals surface area contributed by atoms with Crippen molar-refractivity contribution in [2.24, 2.45) is 0 Å². The summed E-state index contributed by atoms with van der Waals surface area (Å²) < 4.78 is 45.6. The van der Waals surface area contributed by atoms with E-state index in [1.165, 1.54) is 18.5 Å². The van der Waals surface area contributed by atoms with E-state index in [1.807, 2.05) is 13.1 Å². The molecule has 9 heteroatoms. The van der Waals surface area contributed by atoms with Gasteiger partial charge in [0.25, 0.3) is 5.78 Å². The molecule has 1 aromatic carbocycles. The molecule has 29 heavy (non-hydrogen) atoms. The van der Waals surface area contributed by atoms with Crippen LogP contribution in [0, 0.1) is 0 Å². The summed E-state index contributed by atoms with van der Waals surface area (Å²) in [6.45, 7) is 0.358. The maximum Gasteiger partial charge on any atom is 0.416 e. The molecule has 1 aliphatic carbocycles. The molecule has 2 aromatic heterocycles. The predicted molar refractivity (Wildman–Crippen MR) is 102 cm³/mol. The Balaban J connectivity index is 1.65. The molecule has 0 amide bonds. The summed E-state index contributed by atoms with van der Waals surface area (Å²) in [6.07, 6.45) is 0.0184. The molecule has 2 heterocycles. The van der Waals surface area contributed by atoms with Crippen LogP contribution in [0.25, 0.3) is 5.78 Å². The number of aromatic nitrogens is 4. The summed E-state index contributed by atoms with van der Waals surface area (Å²) in [6, 6.07) is 7.61. The summed E-state index contributed by atoms with van der Waals surface area (Å²) >= 11 is 0. The van der Waals surface area contributed by atoms with E-state index in [0.29, 0.717) is 12.4 Å². The maximum absolute atomic E-state index is 12.9. The second-order valence-corrected chi connectivity index (χ2v) is 7.35. The van der Waals surface area contributed by atoms with E-state index >= 15 is 0 Å². The second-order valence-electron chi connectivity index (χ2n) is 7.35. The fraction of sp³-hybridized carbons (Fsp3) is 0.450. The Labute approximate surface area is 166 Å². The first-order valence-electron chi connectivity index (χ1n) is 9.47. The monoisotopic (exact) mass is 405 g/mol. The number of nitrogens with zero attached hydrogens (tertiary/aromatic N) is 5. The fourth-order valence-corrected chi connectivity index (χ4v) is 4.20. The fourth-order valence-electron chi connectivity index (χ4n) is 4.20. The van der Waals surface area contributed by atoms with Gasteiger partial charge in [0.05, 0.1) is 17.9 Å². The van der Waals surface area contributed by atoms with Crippen molar-refractivity contribution in [2.75, 3.05) is 19.1 Å². The molecule has 0 N–H and O–H groups in total. The predicted octanol–water partition coefficient (Wildman–Crippen LogP) is 4.06. The SMILES string of the molecule is COCc1cc(N(C)[C@@H]2CCC[C@H]2c2ccc(C(F)(F)F)cc2)n2ncnc2n1. The molecular formula is C20H22F3N5O. The molecule has 0 saturated heterocycles. The number of rotatable bonds is 5. The molecule has 0 radical (unpaired) electrons. The van der Waals surface area contributed by atoms with Gasteiger partial charge in [-0.05, 0) is 30.5 Å². The minimum Gasteiger partial charge on any atom is -0.378 e. The highest BCUT2D eigenvalue weighted by Crippen LogP contribution is 2.40. The molecule has 1 aliphatic rings. The smallest absolute Gasteiger partial charge is 0.378 e. The number of hydrogen-bond acceptors (Lipinski definition) is 5.